The number of hydrogen-bond acceptors (Lipinski definition) is 6. The van der Waals surface area contributed by atoms with Gasteiger partial charge in [0.25, 0.3) is 0 Å². The first-order valence-electron chi connectivity index (χ1n) is 10.5. The molecule has 26 heavy (non-hydrogen) atoms. The maximum absolute atomic E-state index is 10.4. The third-order valence-corrected chi connectivity index (χ3v) is 4.12. The van der Waals surface area contributed by atoms with Crippen LogP contribution in [-0.2, 0) is 4.79 Å². The van der Waals surface area contributed by atoms with Crippen molar-refractivity contribution in [3.05, 3.63) is 0 Å². The molecule has 0 amide bonds. The van der Waals surface area contributed by atoms with Crippen LogP contribution in [0.3, 0.4) is 0 Å². The van der Waals surface area contributed by atoms with Gasteiger partial charge in [-0.05, 0) is 32.4 Å². The lowest BCUT2D eigenvalue weighted by atomic mass is 10.2. The molecule has 0 atom stereocenters. The van der Waals surface area contributed by atoms with Crippen LogP contribution in [0.4, 0.5) is 0 Å². The normalized spacial score (nSPS) is 11.1. The van der Waals surface area contributed by atoms with Gasteiger partial charge in [0.05, 0.1) is 0 Å². The molecule has 0 aromatic rings. The quantitative estimate of drug-likeness (QED) is 0.156. The van der Waals surface area contributed by atoms with Gasteiger partial charge in [0.1, 0.15) is 0 Å². The van der Waals surface area contributed by atoms with Crippen molar-refractivity contribution >= 4 is 5.97 Å². The van der Waals surface area contributed by atoms with Crippen molar-refractivity contribution in [2.45, 2.75) is 51.9 Å². The Balaban J connectivity index is 2.98. The standard InChI is InChI=1S/C19H43N5O2/c1-2-3-4-6-9-20-11-13-22-15-17-24-18-16-23-14-12-21-10-7-5-8-19(25)26/h20-24H,2-18H2,1H3,(H,25,26). The summed E-state index contributed by atoms with van der Waals surface area (Å²) in [6, 6.07) is 0. The van der Waals surface area contributed by atoms with Crippen LogP contribution < -0.4 is 26.6 Å². The molecule has 0 fully saturated rings. The van der Waals surface area contributed by atoms with Crippen LogP contribution in [0.25, 0.3) is 0 Å². The third-order valence-electron chi connectivity index (χ3n) is 4.12. The Morgan fingerprint density at radius 3 is 1.35 bits per heavy atom. The highest BCUT2D eigenvalue weighted by atomic mass is 16.4. The summed E-state index contributed by atoms with van der Waals surface area (Å²) in [4.78, 5) is 10.4. The summed E-state index contributed by atoms with van der Waals surface area (Å²) < 4.78 is 0. The van der Waals surface area contributed by atoms with Crippen molar-refractivity contribution in [1.29, 1.82) is 0 Å². The van der Waals surface area contributed by atoms with E-state index in [0.29, 0.717) is 0 Å². The first-order chi connectivity index (χ1) is 12.8. The molecule has 0 unspecified atom stereocenters. The minimum atomic E-state index is -0.705. The molecule has 7 nitrogen and oxygen atoms in total. The van der Waals surface area contributed by atoms with Crippen LogP contribution in [0.2, 0.25) is 0 Å². The molecule has 7 heteroatoms. The lowest BCUT2D eigenvalue weighted by molar-refractivity contribution is -0.137. The van der Waals surface area contributed by atoms with Gasteiger partial charge in [-0.3, -0.25) is 4.79 Å². The summed E-state index contributed by atoms with van der Waals surface area (Å²) in [5.41, 5.74) is 0. The summed E-state index contributed by atoms with van der Waals surface area (Å²) in [7, 11) is 0. The van der Waals surface area contributed by atoms with Crippen LogP contribution in [0, 0.1) is 0 Å². The molecule has 0 aliphatic carbocycles. The molecule has 0 aromatic carbocycles. The second-order valence-electron chi connectivity index (χ2n) is 6.66. The third kappa shape index (κ3) is 23.3. The van der Waals surface area contributed by atoms with E-state index in [1.54, 1.807) is 0 Å². The lowest BCUT2D eigenvalue weighted by Gasteiger charge is -2.09. The number of unbranched alkanes of at least 4 members (excludes halogenated alkanes) is 4. The predicted molar refractivity (Wildman–Crippen MR) is 110 cm³/mol. The van der Waals surface area contributed by atoms with E-state index in [-0.39, 0.29) is 6.42 Å². The van der Waals surface area contributed by atoms with E-state index in [1.165, 1.54) is 25.7 Å². The highest BCUT2D eigenvalue weighted by Crippen LogP contribution is 1.96. The zero-order valence-electron chi connectivity index (χ0n) is 16.9. The molecular formula is C19H43N5O2. The first-order valence-corrected chi connectivity index (χ1v) is 10.5. The molecule has 0 saturated heterocycles. The van der Waals surface area contributed by atoms with Crippen molar-refractivity contribution in [2.75, 3.05) is 65.4 Å². The average molecular weight is 374 g/mol. The number of aliphatic carboxylic acids is 1. The predicted octanol–water partition coefficient (Wildman–Crippen LogP) is 0.770. The summed E-state index contributed by atoms with van der Waals surface area (Å²) >= 11 is 0. The van der Waals surface area contributed by atoms with Crippen LogP contribution in [0.5, 0.6) is 0 Å². The molecule has 0 aliphatic rings. The summed E-state index contributed by atoms with van der Waals surface area (Å²) in [5, 5.41) is 25.6. The van der Waals surface area contributed by atoms with E-state index in [0.717, 1.165) is 78.3 Å². The van der Waals surface area contributed by atoms with Crippen molar-refractivity contribution in [2.24, 2.45) is 0 Å². The molecule has 0 heterocycles. The monoisotopic (exact) mass is 373 g/mol. The Labute approximate surface area is 160 Å². The molecule has 0 radical (unpaired) electrons. The van der Waals surface area contributed by atoms with Crippen LogP contribution in [0.15, 0.2) is 0 Å². The van der Waals surface area contributed by atoms with E-state index in [2.05, 4.69) is 33.5 Å². The SMILES string of the molecule is CCCCCCNCCNCCNCCNCCNCCCCC(=O)O. The van der Waals surface area contributed by atoms with Gasteiger partial charge in [-0.15, -0.1) is 0 Å². The van der Waals surface area contributed by atoms with E-state index in [4.69, 9.17) is 5.11 Å². The van der Waals surface area contributed by atoms with E-state index in [1.807, 2.05) is 0 Å². The number of hydrogen-bond donors (Lipinski definition) is 6. The molecular weight excluding hydrogens is 330 g/mol. The molecule has 0 aromatic heterocycles. The van der Waals surface area contributed by atoms with Crippen molar-refractivity contribution in [1.82, 2.24) is 26.6 Å². The topological polar surface area (TPSA) is 97.5 Å². The van der Waals surface area contributed by atoms with Gasteiger partial charge in [0.2, 0.25) is 0 Å². The fraction of sp³-hybridized carbons (Fsp3) is 0.947. The molecule has 0 aliphatic heterocycles. The van der Waals surface area contributed by atoms with Crippen molar-refractivity contribution < 1.29 is 9.90 Å². The Kier molecular flexibility index (Phi) is 21.7. The second-order valence-corrected chi connectivity index (χ2v) is 6.66. The Morgan fingerprint density at radius 2 is 0.962 bits per heavy atom. The minimum absolute atomic E-state index is 0.274. The van der Waals surface area contributed by atoms with Gasteiger partial charge >= 0.3 is 5.97 Å². The fourth-order valence-electron chi connectivity index (χ4n) is 2.54. The largest absolute Gasteiger partial charge is 0.481 e. The second kappa shape index (κ2) is 22.3. The Hall–Kier alpha value is -0.730. The maximum Gasteiger partial charge on any atom is 0.303 e. The summed E-state index contributed by atoms with van der Waals surface area (Å²) in [6.45, 7) is 12.2. The number of carboxylic acid groups (broad SMARTS) is 1. The van der Waals surface area contributed by atoms with Gasteiger partial charge in [0.15, 0.2) is 0 Å². The fourth-order valence-corrected chi connectivity index (χ4v) is 2.54. The van der Waals surface area contributed by atoms with Gasteiger partial charge in [-0.1, -0.05) is 26.2 Å². The van der Waals surface area contributed by atoms with E-state index in [9.17, 15) is 4.79 Å². The number of carboxylic acids is 1. The molecule has 6 N–H and O–H groups in total. The van der Waals surface area contributed by atoms with Crippen LogP contribution >= 0.6 is 0 Å². The van der Waals surface area contributed by atoms with Gasteiger partial charge < -0.3 is 31.7 Å². The molecule has 156 valence electrons. The van der Waals surface area contributed by atoms with Crippen LogP contribution in [-0.4, -0.2) is 76.5 Å². The summed E-state index contributed by atoms with van der Waals surface area (Å²) in [6.07, 6.45) is 7.25. The highest BCUT2D eigenvalue weighted by Gasteiger charge is 1.95. The number of carbonyl (C=O) groups is 1. The van der Waals surface area contributed by atoms with Gasteiger partial charge in [0, 0.05) is 58.8 Å². The van der Waals surface area contributed by atoms with Gasteiger partial charge in [-0.25, -0.2) is 0 Å². The van der Waals surface area contributed by atoms with Crippen molar-refractivity contribution in [3.8, 4) is 0 Å². The minimum Gasteiger partial charge on any atom is -0.481 e. The molecule has 0 spiro atoms. The van der Waals surface area contributed by atoms with Crippen molar-refractivity contribution in [3.63, 3.8) is 0 Å². The first kappa shape index (κ1) is 25.3. The Bertz CT molecular complexity index is 293. The average Bonchev–Trinajstić information content (AvgIpc) is 2.62. The number of rotatable bonds is 22. The zero-order valence-corrected chi connectivity index (χ0v) is 16.9. The Morgan fingerprint density at radius 1 is 0.577 bits per heavy atom. The number of nitrogens with one attached hydrogen (secondary N) is 5. The molecule has 0 bridgehead atoms. The van der Waals surface area contributed by atoms with Gasteiger partial charge in [-0.2, -0.15) is 0 Å². The van der Waals surface area contributed by atoms with Crippen LogP contribution in [0.1, 0.15) is 51.9 Å². The summed E-state index contributed by atoms with van der Waals surface area (Å²) in [5.74, 6) is -0.705. The van der Waals surface area contributed by atoms with E-state index < -0.39 is 5.97 Å². The highest BCUT2D eigenvalue weighted by molar-refractivity contribution is 5.66. The maximum atomic E-state index is 10.4. The zero-order chi connectivity index (χ0) is 19.1. The molecule has 0 rings (SSSR count). The molecule has 0 saturated carbocycles. The smallest absolute Gasteiger partial charge is 0.303 e. The van der Waals surface area contributed by atoms with E-state index >= 15 is 0 Å². The lowest BCUT2D eigenvalue weighted by Crippen LogP contribution is -2.36.